The fraction of sp³-hybridized carbons (Fsp3) is 0.417. The van der Waals surface area contributed by atoms with Crippen molar-refractivity contribution in [2.75, 3.05) is 11.9 Å². The number of anilines is 1. The van der Waals surface area contributed by atoms with E-state index in [9.17, 15) is 4.79 Å². The van der Waals surface area contributed by atoms with Crippen LogP contribution in [-0.4, -0.2) is 17.6 Å². The lowest BCUT2D eigenvalue weighted by molar-refractivity contribution is 0.0698. The Morgan fingerprint density at radius 3 is 2.81 bits per heavy atom. The Balaban J connectivity index is 2.67. The third-order valence-electron chi connectivity index (χ3n) is 2.31. The van der Waals surface area contributed by atoms with Crippen molar-refractivity contribution in [1.82, 2.24) is 0 Å². The van der Waals surface area contributed by atoms with E-state index in [0.717, 1.165) is 30.3 Å². The van der Waals surface area contributed by atoms with Crippen molar-refractivity contribution >= 4 is 27.6 Å². The van der Waals surface area contributed by atoms with Crippen molar-refractivity contribution in [2.45, 2.75) is 26.2 Å². The number of carboxylic acids is 1. The average molecular weight is 286 g/mol. The zero-order valence-corrected chi connectivity index (χ0v) is 10.9. The van der Waals surface area contributed by atoms with E-state index < -0.39 is 5.97 Å². The molecule has 88 valence electrons. The Labute approximate surface area is 104 Å². The maximum absolute atomic E-state index is 11.0. The first kappa shape index (κ1) is 13.0. The molecular weight excluding hydrogens is 270 g/mol. The van der Waals surface area contributed by atoms with Crippen LogP contribution in [-0.2, 0) is 0 Å². The lowest BCUT2D eigenvalue weighted by Crippen LogP contribution is -2.07. The van der Waals surface area contributed by atoms with E-state index in [1.807, 2.05) is 6.07 Å². The summed E-state index contributed by atoms with van der Waals surface area (Å²) in [4.78, 5) is 11.0. The van der Waals surface area contributed by atoms with Crippen LogP contribution in [0.3, 0.4) is 0 Å². The molecule has 3 nitrogen and oxygen atoms in total. The normalized spacial score (nSPS) is 10.1. The quantitative estimate of drug-likeness (QED) is 0.783. The topological polar surface area (TPSA) is 49.3 Å². The molecule has 0 radical (unpaired) electrons. The molecule has 0 spiro atoms. The molecule has 1 aromatic carbocycles. The van der Waals surface area contributed by atoms with Gasteiger partial charge in [0.15, 0.2) is 0 Å². The molecule has 2 N–H and O–H groups in total. The van der Waals surface area contributed by atoms with Crippen molar-refractivity contribution in [3.63, 3.8) is 0 Å². The summed E-state index contributed by atoms with van der Waals surface area (Å²) >= 11 is 3.27. The Bertz CT molecular complexity index is 366. The molecule has 0 heterocycles. The van der Waals surface area contributed by atoms with Gasteiger partial charge in [0.25, 0.3) is 0 Å². The predicted molar refractivity (Wildman–Crippen MR) is 69.1 cm³/mol. The molecule has 1 aromatic rings. The maximum Gasteiger partial charge on any atom is 0.337 e. The van der Waals surface area contributed by atoms with E-state index in [2.05, 4.69) is 28.2 Å². The second-order valence-electron chi connectivity index (χ2n) is 3.63. The molecule has 0 bridgehead atoms. The van der Waals surface area contributed by atoms with Gasteiger partial charge in [0, 0.05) is 16.7 Å². The van der Waals surface area contributed by atoms with Crippen LogP contribution in [0.15, 0.2) is 22.7 Å². The molecule has 0 aliphatic heterocycles. The maximum atomic E-state index is 11.0. The van der Waals surface area contributed by atoms with Crippen molar-refractivity contribution in [2.24, 2.45) is 0 Å². The first-order valence-corrected chi connectivity index (χ1v) is 6.21. The summed E-state index contributed by atoms with van der Waals surface area (Å²) in [5, 5.41) is 12.2. The van der Waals surface area contributed by atoms with E-state index in [1.54, 1.807) is 12.1 Å². The van der Waals surface area contributed by atoms with Crippen LogP contribution >= 0.6 is 15.9 Å². The largest absolute Gasteiger partial charge is 0.478 e. The summed E-state index contributed by atoms with van der Waals surface area (Å²) in [6.07, 6.45) is 3.38. The fourth-order valence-electron chi connectivity index (χ4n) is 1.45. The SMILES string of the molecule is CCCCCNc1ccc(Br)cc1C(=O)O. The highest BCUT2D eigenvalue weighted by Gasteiger charge is 2.09. The Hall–Kier alpha value is -1.03. The van der Waals surface area contributed by atoms with Crippen LogP contribution in [0.5, 0.6) is 0 Å². The lowest BCUT2D eigenvalue weighted by atomic mass is 10.1. The van der Waals surface area contributed by atoms with Crippen molar-refractivity contribution in [3.8, 4) is 0 Å². The fourth-order valence-corrected chi connectivity index (χ4v) is 1.81. The number of hydrogen-bond acceptors (Lipinski definition) is 2. The van der Waals surface area contributed by atoms with Crippen LogP contribution in [0, 0.1) is 0 Å². The zero-order valence-electron chi connectivity index (χ0n) is 9.29. The first-order valence-electron chi connectivity index (χ1n) is 5.42. The molecule has 1 rings (SSSR count). The van der Waals surface area contributed by atoms with Gasteiger partial charge in [0.05, 0.1) is 5.56 Å². The molecule has 0 saturated carbocycles. The van der Waals surface area contributed by atoms with Gasteiger partial charge in [-0.2, -0.15) is 0 Å². The third kappa shape index (κ3) is 3.85. The molecule has 0 amide bonds. The van der Waals surface area contributed by atoms with Crippen molar-refractivity contribution in [1.29, 1.82) is 0 Å². The van der Waals surface area contributed by atoms with Gasteiger partial charge >= 0.3 is 5.97 Å². The molecular formula is C12H16BrNO2. The number of nitrogens with one attached hydrogen (secondary N) is 1. The molecule has 0 aliphatic carbocycles. The van der Waals surface area contributed by atoms with Gasteiger partial charge in [0.1, 0.15) is 0 Å². The Morgan fingerprint density at radius 1 is 1.44 bits per heavy atom. The third-order valence-corrected chi connectivity index (χ3v) is 2.80. The summed E-state index contributed by atoms with van der Waals surface area (Å²) in [5.74, 6) is -0.903. The average Bonchev–Trinajstić information content (AvgIpc) is 2.26. The van der Waals surface area contributed by atoms with Crippen molar-refractivity contribution < 1.29 is 9.90 Å². The highest BCUT2D eigenvalue weighted by Crippen LogP contribution is 2.21. The number of hydrogen-bond donors (Lipinski definition) is 2. The van der Waals surface area contributed by atoms with Gasteiger partial charge in [-0.05, 0) is 24.6 Å². The summed E-state index contributed by atoms with van der Waals surface area (Å²) < 4.78 is 0.781. The Morgan fingerprint density at radius 2 is 2.19 bits per heavy atom. The van der Waals surface area contributed by atoms with E-state index in [1.165, 1.54) is 0 Å². The second kappa shape index (κ2) is 6.53. The van der Waals surface area contributed by atoms with Crippen LogP contribution in [0.1, 0.15) is 36.5 Å². The molecule has 0 aromatic heterocycles. The van der Waals surface area contributed by atoms with Crippen LogP contribution < -0.4 is 5.32 Å². The van der Waals surface area contributed by atoms with Crippen LogP contribution in [0.4, 0.5) is 5.69 Å². The summed E-state index contributed by atoms with van der Waals surface area (Å²) in [6.45, 7) is 2.96. The summed E-state index contributed by atoms with van der Waals surface area (Å²) in [6, 6.07) is 5.25. The van der Waals surface area contributed by atoms with Gasteiger partial charge in [0.2, 0.25) is 0 Å². The van der Waals surface area contributed by atoms with Gasteiger partial charge in [-0.25, -0.2) is 4.79 Å². The van der Waals surface area contributed by atoms with Crippen LogP contribution in [0.25, 0.3) is 0 Å². The number of carbonyl (C=O) groups is 1. The van der Waals surface area contributed by atoms with Gasteiger partial charge < -0.3 is 10.4 Å². The van der Waals surface area contributed by atoms with Crippen molar-refractivity contribution in [3.05, 3.63) is 28.2 Å². The number of aromatic carboxylic acids is 1. The van der Waals surface area contributed by atoms with E-state index in [0.29, 0.717) is 11.3 Å². The molecule has 0 aliphatic rings. The Kier molecular flexibility index (Phi) is 5.32. The van der Waals surface area contributed by atoms with Gasteiger partial charge in [-0.15, -0.1) is 0 Å². The number of benzene rings is 1. The summed E-state index contributed by atoms with van der Waals surface area (Å²) in [5.41, 5.74) is 0.998. The van der Waals surface area contributed by atoms with Gasteiger partial charge in [-0.1, -0.05) is 35.7 Å². The first-order chi connectivity index (χ1) is 7.65. The summed E-state index contributed by atoms with van der Waals surface area (Å²) in [7, 11) is 0. The molecule has 0 fully saturated rings. The minimum Gasteiger partial charge on any atom is -0.478 e. The van der Waals surface area contributed by atoms with E-state index in [4.69, 9.17) is 5.11 Å². The highest BCUT2D eigenvalue weighted by molar-refractivity contribution is 9.10. The van der Waals surface area contributed by atoms with E-state index >= 15 is 0 Å². The number of rotatable bonds is 6. The lowest BCUT2D eigenvalue weighted by Gasteiger charge is -2.09. The minimum absolute atomic E-state index is 0.311. The highest BCUT2D eigenvalue weighted by atomic mass is 79.9. The van der Waals surface area contributed by atoms with Gasteiger partial charge in [-0.3, -0.25) is 0 Å². The number of halogens is 1. The smallest absolute Gasteiger partial charge is 0.337 e. The van der Waals surface area contributed by atoms with E-state index in [-0.39, 0.29) is 0 Å². The molecule has 0 saturated heterocycles. The predicted octanol–water partition coefficient (Wildman–Crippen LogP) is 3.75. The number of carboxylic acid groups (broad SMARTS) is 1. The zero-order chi connectivity index (χ0) is 12.0. The standard InChI is InChI=1S/C12H16BrNO2/c1-2-3-4-7-14-11-6-5-9(13)8-10(11)12(15)16/h5-6,8,14H,2-4,7H2,1H3,(H,15,16). The molecule has 4 heteroatoms. The minimum atomic E-state index is -0.903. The molecule has 16 heavy (non-hydrogen) atoms. The monoisotopic (exact) mass is 285 g/mol. The molecule has 0 unspecified atom stereocenters. The number of unbranched alkanes of at least 4 members (excludes halogenated alkanes) is 2. The second-order valence-corrected chi connectivity index (χ2v) is 4.54. The molecule has 0 atom stereocenters. The van der Waals surface area contributed by atoms with Crippen LogP contribution in [0.2, 0.25) is 0 Å².